The number of thiol groups is 1. The van der Waals surface area contributed by atoms with Gasteiger partial charge in [0.2, 0.25) is 0 Å². The van der Waals surface area contributed by atoms with Crippen molar-refractivity contribution in [3.63, 3.8) is 0 Å². The summed E-state index contributed by atoms with van der Waals surface area (Å²) in [6, 6.07) is 1.40. The molecule has 1 rings (SSSR count). The van der Waals surface area contributed by atoms with Gasteiger partial charge in [0.15, 0.2) is 0 Å². The lowest BCUT2D eigenvalue weighted by Crippen LogP contribution is -1.97. The Morgan fingerprint density at radius 1 is 1.86 bits per heavy atom. The number of nitrogens with zero attached hydrogens (tertiary/aromatic N) is 1. The fourth-order valence-electron chi connectivity index (χ4n) is 0.326. The first-order valence-corrected chi connectivity index (χ1v) is 2.16. The molecule has 1 heterocycles. The van der Waals surface area contributed by atoms with E-state index in [1.54, 1.807) is 0 Å². The zero-order chi connectivity index (χ0) is 5.28. The molecular formula is C3H4N2OS. The average Bonchev–Trinajstić information content (AvgIpc) is 1.87. The topological polar surface area (TPSA) is 37.8 Å². The molecule has 0 spiro atoms. The molecule has 0 amide bonds. The summed E-state index contributed by atoms with van der Waals surface area (Å²) in [6.07, 6.45) is 1.53. The van der Waals surface area contributed by atoms with Gasteiger partial charge in [0.05, 0.1) is 0 Å². The second kappa shape index (κ2) is 1.46. The first kappa shape index (κ1) is 4.52. The quantitative estimate of drug-likeness (QED) is 0.455. The smallest absolute Gasteiger partial charge is 0.264 e. The van der Waals surface area contributed by atoms with Crippen molar-refractivity contribution in [1.29, 1.82) is 0 Å². The van der Waals surface area contributed by atoms with E-state index in [1.807, 2.05) is 0 Å². The van der Waals surface area contributed by atoms with Crippen LogP contribution >= 0.6 is 12.8 Å². The van der Waals surface area contributed by atoms with Gasteiger partial charge in [0.1, 0.15) is 0 Å². The molecule has 0 saturated heterocycles. The molecular weight excluding hydrogens is 112 g/mol. The van der Waals surface area contributed by atoms with Crippen LogP contribution in [0.25, 0.3) is 0 Å². The van der Waals surface area contributed by atoms with E-state index < -0.39 is 0 Å². The summed E-state index contributed by atoms with van der Waals surface area (Å²) in [4.78, 5) is 10.2. The monoisotopic (exact) mass is 116 g/mol. The second-order valence-electron chi connectivity index (χ2n) is 1.14. The number of rotatable bonds is 0. The van der Waals surface area contributed by atoms with Gasteiger partial charge in [-0.2, -0.15) is 0 Å². The Morgan fingerprint density at radius 2 is 2.57 bits per heavy atom. The van der Waals surface area contributed by atoms with Crippen LogP contribution in [0.3, 0.4) is 0 Å². The number of aromatic amines is 1. The molecule has 0 aliphatic rings. The summed E-state index contributed by atoms with van der Waals surface area (Å²) in [7, 11) is 0. The highest BCUT2D eigenvalue weighted by atomic mass is 32.1. The van der Waals surface area contributed by atoms with E-state index in [9.17, 15) is 4.79 Å². The van der Waals surface area contributed by atoms with Crippen LogP contribution in [0.5, 0.6) is 0 Å². The molecule has 3 nitrogen and oxygen atoms in total. The summed E-state index contributed by atoms with van der Waals surface area (Å²) < 4.78 is 1.29. The van der Waals surface area contributed by atoms with Crippen LogP contribution in [0.2, 0.25) is 0 Å². The molecule has 0 fully saturated rings. The Balaban J connectivity index is 3.30. The molecule has 1 aromatic rings. The van der Waals surface area contributed by atoms with Crippen LogP contribution < -0.4 is 5.56 Å². The normalized spacial score (nSPS) is 9.29. The van der Waals surface area contributed by atoms with Gasteiger partial charge in [-0.3, -0.25) is 9.89 Å². The molecule has 0 unspecified atom stereocenters. The fourth-order valence-corrected chi connectivity index (χ4v) is 0.491. The number of hydrogen-bond acceptors (Lipinski definition) is 2. The molecule has 7 heavy (non-hydrogen) atoms. The summed E-state index contributed by atoms with van der Waals surface area (Å²) in [6.45, 7) is 0. The van der Waals surface area contributed by atoms with Gasteiger partial charge in [-0.05, 0) is 12.8 Å². The van der Waals surface area contributed by atoms with Gasteiger partial charge in [-0.1, -0.05) is 0 Å². The van der Waals surface area contributed by atoms with Crippen LogP contribution in [-0.4, -0.2) is 9.19 Å². The van der Waals surface area contributed by atoms with Gasteiger partial charge in [-0.15, -0.1) is 0 Å². The van der Waals surface area contributed by atoms with Crippen molar-refractivity contribution in [2.75, 3.05) is 0 Å². The van der Waals surface area contributed by atoms with Gasteiger partial charge in [0, 0.05) is 12.3 Å². The van der Waals surface area contributed by atoms with E-state index in [4.69, 9.17) is 0 Å². The van der Waals surface area contributed by atoms with Crippen molar-refractivity contribution in [3.8, 4) is 0 Å². The zero-order valence-corrected chi connectivity index (χ0v) is 4.35. The third kappa shape index (κ3) is 0.866. The van der Waals surface area contributed by atoms with E-state index in [0.29, 0.717) is 0 Å². The van der Waals surface area contributed by atoms with Crippen molar-refractivity contribution >= 4 is 12.8 Å². The summed E-state index contributed by atoms with van der Waals surface area (Å²) in [5, 5.41) is 2.36. The molecule has 1 aromatic heterocycles. The fraction of sp³-hybridized carbons (Fsp3) is 0. The van der Waals surface area contributed by atoms with E-state index in [1.165, 1.54) is 16.4 Å². The van der Waals surface area contributed by atoms with Crippen LogP contribution in [0, 0.1) is 0 Å². The van der Waals surface area contributed by atoms with E-state index in [0.717, 1.165) is 0 Å². The van der Waals surface area contributed by atoms with Crippen molar-refractivity contribution in [2.45, 2.75) is 0 Å². The predicted octanol–water partition coefficient (Wildman–Crippen LogP) is -0.131. The minimum atomic E-state index is -0.130. The number of aromatic nitrogens is 2. The summed E-state index contributed by atoms with van der Waals surface area (Å²) in [5.41, 5.74) is -0.130. The van der Waals surface area contributed by atoms with Gasteiger partial charge in [-0.25, -0.2) is 4.09 Å². The summed E-state index contributed by atoms with van der Waals surface area (Å²) in [5.74, 6) is 0. The Morgan fingerprint density at radius 3 is 2.71 bits per heavy atom. The predicted molar refractivity (Wildman–Crippen MR) is 29.4 cm³/mol. The Kier molecular flexibility index (Phi) is 0.941. The average molecular weight is 116 g/mol. The van der Waals surface area contributed by atoms with Gasteiger partial charge >= 0.3 is 0 Å². The number of H-pyrrole nitrogens is 1. The Bertz CT molecular complexity index is 201. The lowest BCUT2D eigenvalue weighted by molar-refractivity contribution is 0.993. The molecule has 4 heteroatoms. The minimum Gasteiger partial charge on any atom is -0.268 e. The van der Waals surface area contributed by atoms with Crippen molar-refractivity contribution < 1.29 is 0 Å². The van der Waals surface area contributed by atoms with E-state index in [2.05, 4.69) is 17.9 Å². The molecule has 1 N–H and O–H groups in total. The Labute approximate surface area is 45.5 Å². The molecule has 38 valence electrons. The minimum absolute atomic E-state index is 0.130. The highest BCUT2D eigenvalue weighted by Gasteiger charge is 1.79. The first-order chi connectivity index (χ1) is 3.29. The molecule has 0 atom stereocenters. The van der Waals surface area contributed by atoms with Crippen LogP contribution in [0.15, 0.2) is 17.1 Å². The molecule has 0 saturated carbocycles. The number of hydrogen-bond donors (Lipinski definition) is 2. The molecule has 0 bridgehead atoms. The second-order valence-corrected chi connectivity index (χ2v) is 1.57. The highest BCUT2D eigenvalue weighted by Crippen LogP contribution is 1.75. The first-order valence-electron chi connectivity index (χ1n) is 1.76. The van der Waals surface area contributed by atoms with Crippen LogP contribution in [-0.2, 0) is 0 Å². The molecule has 0 radical (unpaired) electrons. The molecule has 0 aliphatic carbocycles. The zero-order valence-electron chi connectivity index (χ0n) is 3.46. The Hall–Kier alpha value is -0.640. The summed E-state index contributed by atoms with van der Waals surface area (Å²) >= 11 is 3.77. The third-order valence-electron chi connectivity index (χ3n) is 0.592. The lowest BCUT2D eigenvalue weighted by Gasteiger charge is -1.78. The largest absolute Gasteiger partial charge is 0.268 e. The third-order valence-corrected chi connectivity index (χ3v) is 0.825. The van der Waals surface area contributed by atoms with Gasteiger partial charge in [0.25, 0.3) is 5.56 Å². The highest BCUT2D eigenvalue weighted by molar-refractivity contribution is 7.78. The molecule has 0 aliphatic heterocycles. The van der Waals surface area contributed by atoms with Crippen LogP contribution in [0.1, 0.15) is 0 Å². The SMILES string of the molecule is O=c1ccn(S)[nH]1. The standard InChI is InChI=1S/C3H4N2OS/c6-3-1-2-5(7)4-3/h1-2,7H,(H,4,6). The van der Waals surface area contributed by atoms with E-state index in [-0.39, 0.29) is 5.56 Å². The van der Waals surface area contributed by atoms with Crippen molar-refractivity contribution in [1.82, 2.24) is 9.19 Å². The maximum absolute atomic E-state index is 10.2. The van der Waals surface area contributed by atoms with Crippen molar-refractivity contribution in [2.24, 2.45) is 0 Å². The maximum Gasteiger partial charge on any atom is 0.264 e. The number of nitrogens with one attached hydrogen (secondary N) is 1. The van der Waals surface area contributed by atoms with E-state index >= 15 is 0 Å². The van der Waals surface area contributed by atoms with Crippen LogP contribution in [0.4, 0.5) is 0 Å². The van der Waals surface area contributed by atoms with Gasteiger partial charge < -0.3 is 0 Å². The van der Waals surface area contributed by atoms with Crippen molar-refractivity contribution in [3.05, 3.63) is 22.6 Å². The molecule has 0 aromatic carbocycles. The lowest BCUT2D eigenvalue weighted by atomic mass is 10.7. The maximum atomic E-state index is 10.2.